The Kier molecular flexibility index (Phi) is 3.90. The quantitative estimate of drug-likeness (QED) is 0.789. The van der Waals surface area contributed by atoms with Gasteiger partial charge >= 0.3 is 10.1 Å². The summed E-state index contributed by atoms with van der Waals surface area (Å²) in [7, 11) is -4.56. The molecule has 0 spiro atoms. The minimum Gasteiger partial charge on any atom is -0.545 e. The molecule has 2 rings (SSSR count). The lowest BCUT2D eigenvalue weighted by molar-refractivity contribution is -0.255. The van der Waals surface area contributed by atoms with Crippen LogP contribution >= 0.6 is 0 Å². The fourth-order valence-corrected chi connectivity index (χ4v) is 2.50. The molecular formula is C13H7F2O5S-. The second kappa shape index (κ2) is 5.49. The van der Waals surface area contributed by atoms with Gasteiger partial charge in [-0.3, -0.25) is 0 Å². The molecule has 0 radical (unpaired) electrons. The first kappa shape index (κ1) is 14.9. The number of halogens is 2. The molecule has 0 atom stereocenters. The van der Waals surface area contributed by atoms with Crippen LogP contribution in [0.25, 0.3) is 0 Å². The van der Waals surface area contributed by atoms with Crippen LogP contribution in [-0.4, -0.2) is 14.4 Å². The van der Waals surface area contributed by atoms with E-state index >= 15 is 0 Å². The van der Waals surface area contributed by atoms with E-state index in [2.05, 4.69) is 4.18 Å². The maximum Gasteiger partial charge on any atom is 0.342 e. The molecule has 0 N–H and O–H groups in total. The van der Waals surface area contributed by atoms with E-state index in [0.29, 0.717) is 12.1 Å². The summed E-state index contributed by atoms with van der Waals surface area (Å²) in [4.78, 5) is 9.80. The molecule has 0 bridgehead atoms. The SMILES string of the molecule is O=C([O-])c1cccc(OS(=O)(=O)c2ccc(F)cc2F)c1. The molecule has 0 aliphatic rings. The molecule has 0 saturated heterocycles. The van der Waals surface area contributed by atoms with Crippen molar-refractivity contribution in [2.45, 2.75) is 4.90 Å². The largest absolute Gasteiger partial charge is 0.545 e. The lowest BCUT2D eigenvalue weighted by atomic mass is 10.2. The van der Waals surface area contributed by atoms with Crippen LogP contribution in [-0.2, 0) is 10.1 Å². The Hall–Kier alpha value is -2.48. The van der Waals surface area contributed by atoms with Gasteiger partial charge in [0.25, 0.3) is 0 Å². The van der Waals surface area contributed by atoms with Gasteiger partial charge in [0.2, 0.25) is 0 Å². The Labute approximate surface area is 118 Å². The average Bonchev–Trinajstić information content (AvgIpc) is 2.37. The van der Waals surface area contributed by atoms with Gasteiger partial charge in [0.15, 0.2) is 0 Å². The average molecular weight is 313 g/mol. The number of carbonyl (C=O) groups is 1. The van der Waals surface area contributed by atoms with Crippen molar-refractivity contribution >= 4 is 16.1 Å². The number of carboxylic acid groups (broad SMARTS) is 1. The molecule has 110 valence electrons. The summed E-state index contributed by atoms with van der Waals surface area (Å²) in [5.41, 5.74) is -0.303. The van der Waals surface area contributed by atoms with E-state index in [4.69, 9.17) is 0 Å². The van der Waals surface area contributed by atoms with Gasteiger partial charge in [-0.1, -0.05) is 12.1 Å². The molecule has 0 unspecified atom stereocenters. The molecule has 0 amide bonds. The summed E-state index contributed by atoms with van der Waals surface area (Å²) in [5.74, 6) is -4.11. The monoisotopic (exact) mass is 313 g/mol. The van der Waals surface area contributed by atoms with Gasteiger partial charge in [-0.25, -0.2) is 8.78 Å². The molecule has 5 nitrogen and oxygen atoms in total. The van der Waals surface area contributed by atoms with Gasteiger partial charge < -0.3 is 14.1 Å². The highest BCUT2D eigenvalue weighted by Gasteiger charge is 2.22. The maximum atomic E-state index is 13.5. The van der Waals surface area contributed by atoms with Gasteiger partial charge in [-0.2, -0.15) is 8.42 Å². The first-order valence-electron chi connectivity index (χ1n) is 5.50. The third kappa shape index (κ3) is 3.34. The van der Waals surface area contributed by atoms with Crippen molar-refractivity contribution in [3.63, 3.8) is 0 Å². The van der Waals surface area contributed by atoms with Crippen LogP contribution in [0.15, 0.2) is 47.4 Å². The van der Waals surface area contributed by atoms with Crippen molar-refractivity contribution < 1.29 is 31.3 Å². The maximum absolute atomic E-state index is 13.5. The predicted octanol–water partition coefficient (Wildman–Crippen LogP) is 1.10. The van der Waals surface area contributed by atoms with Crippen molar-refractivity contribution in [3.8, 4) is 5.75 Å². The number of carboxylic acids is 1. The fraction of sp³-hybridized carbons (Fsp3) is 0. The highest BCUT2D eigenvalue weighted by molar-refractivity contribution is 7.87. The number of benzene rings is 2. The van der Waals surface area contributed by atoms with Gasteiger partial charge in [-0.15, -0.1) is 0 Å². The third-order valence-electron chi connectivity index (χ3n) is 2.44. The molecule has 8 heteroatoms. The Morgan fingerprint density at radius 3 is 2.43 bits per heavy atom. The van der Waals surface area contributed by atoms with Gasteiger partial charge in [0, 0.05) is 11.6 Å². The Balaban J connectivity index is 2.37. The minimum atomic E-state index is -4.56. The molecule has 2 aromatic carbocycles. The van der Waals surface area contributed by atoms with Crippen molar-refractivity contribution in [1.82, 2.24) is 0 Å². The van der Waals surface area contributed by atoms with Crippen molar-refractivity contribution in [2.24, 2.45) is 0 Å². The van der Waals surface area contributed by atoms with Crippen LogP contribution in [0.4, 0.5) is 8.78 Å². The Morgan fingerprint density at radius 2 is 1.81 bits per heavy atom. The Bertz CT molecular complexity index is 802. The summed E-state index contributed by atoms with van der Waals surface area (Å²) in [5, 5.41) is 10.7. The molecular weight excluding hydrogens is 306 g/mol. The third-order valence-corrected chi connectivity index (χ3v) is 3.72. The number of hydrogen-bond donors (Lipinski definition) is 0. The van der Waals surface area contributed by atoms with Crippen molar-refractivity contribution in [2.75, 3.05) is 0 Å². The molecule has 2 aromatic rings. The van der Waals surface area contributed by atoms with E-state index in [-0.39, 0.29) is 11.3 Å². The molecule has 0 aromatic heterocycles. The van der Waals surface area contributed by atoms with Crippen LogP contribution in [0.3, 0.4) is 0 Å². The number of hydrogen-bond acceptors (Lipinski definition) is 5. The summed E-state index contributed by atoms with van der Waals surface area (Å²) in [6, 6.07) is 6.36. The van der Waals surface area contributed by atoms with E-state index < -0.39 is 32.6 Å². The zero-order chi connectivity index (χ0) is 15.6. The molecule has 21 heavy (non-hydrogen) atoms. The van der Waals surface area contributed by atoms with E-state index in [9.17, 15) is 27.1 Å². The topological polar surface area (TPSA) is 83.5 Å². The van der Waals surface area contributed by atoms with Crippen LogP contribution < -0.4 is 9.29 Å². The van der Waals surface area contributed by atoms with Gasteiger partial charge in [-0.05, 0) is 24.3 Å². The minimum absolute atomic E-state index is 0.303. The lowest BCUT2D eigenvalue weighted by Crippen LogP contribution is -2.22. The first-order chi connectivity index (χ1) is 9.79. The van der Waals surface area contributed by atoms with E-state index in [0.717, 1.165) is 12.1 Å². The normalized spacial score (nSPS) is 11.1. The molecule has 0 saturated carbocycles. The summed E-state index contributed by atoms with van der Waals surface area (Å²) < 4.78 is 54.6. The van der Waals surface area contributed by atoms with Crippen LogP contribution in [0.2, 0.25) is 0 Å². The standard InChI is InChI=1S/C13H8F2O5S/c14-9-4-5-12(11(15)7-9)21(18,19)20-10-3-1-2-8(6-10)13(16)17/h1-7H,(H,16,17)/p-1. The Morgan fingerprint density at radius 1 is 1.10 bits per heavy atom. The fourth-order valence-electron chi connectivity index (χ4n) is 1.52. The molecule has 0 fully saturated rings. The van der Waals surface area contributed by atoms with Crippen LogP contribution in [0, 0.1) is 11.6 Å². The summed E-state index contributed by atoms with van der Waals surface area (Å²) in [6.45, 7) is 0. The number of aromatic carboxylic acids is 1. The van der Waals surface area contributed by atoms with E-state index in [1.165, 1.54) is 18.2 Å². The highest BCUT2D eigenvalue weighted by Crippen LogP contribution is 2.22. The van der Waals surface area contributed by atoms with Crippen LogP contribution in [0.5, 0.6) is 5.75 Å². The first-order valence-corrected chi connectivity index (χ1v) is 6.91. The van der Waals surface area contributed by atoms with Gasteiger partial charge in [0.1, 0.15) is 22.3 Å². The van der Waals surface area contributed by atoms with E-state index in [1.807, 2.05) is 0 Å². The number of rotatable bonds is 4. The second-order valence-corrected chi connectivity index (χ2v) is 5.44. The highest BCUT2D eigenvalue weighted by atomic mass is 32.2. The smallest absolute Gasteiger partial charge is 0.342 e. The predicted molar refractivity (Wildman–Crippen MR) is 64.9 cm³/mol. The van der Waals surface area contributed by atoms with Crippen molar-refractivity contribution in [1.29, 1.82) is 0 Å². The number of carbonyl (C=O) groups excluding carboxylic acids is 1. The summed E-state index contributed by atoms with van der Waals surface area (Å²) in [6.07, 6.45) is 0. The zero-order valence-corrected chi connectivity index (χ0v) is 11.1. The summed E-state index contributed by atoms with van der Waals surface area (Å²) >= 11 is 0. The molecule has 0 heterocycles. The van der Waals surface area contributed by atoms with Crippen LogP contribution in [0.1, 0.15) is 10.4 Å². The molecule has 0 aliphatic heterocycles. The molecule has 0 aliphatic carbocycles. The van der Waals surface area contributed by atoms with E-state index in [1.54, 1.807) is 0 Å². The van der Waals surface area contributed by atoms with Gasteiger partial charge in [0.05, 0.1) is 5.97 Å². The second-order valence-electron chi connectivity index (χ2n) is 3.93. The lowest BCUT2D eigenvalue weighted by Gasteiger charge is -2.09. The zero-order valence-electron chi connectivity index (χ0n) is 10.2. The van der Waals surface area contributed by atoms with Crippen molar-refractivity contribution in [3.05, 3.63) is 59.7 Å².